The van der Waals surface area contributed by atoms with Crippen molar-refractivity contribution in [3.8, 4) is 23.0 Å². The number of pyridine rings is 1. The van der Waals surface area contributed by atoms with Gasteiger partial charge in [-0.25, -0.2) is 4.98 Å². The maximum Gasteiger partial charge on any atom is 0.278 e. The van der Waals surface area contributed by atoms with Crippen LogP contribution in [0.1, 0.15) is 0 Å². The third-order valence-electron chi connectivity index (χ3n) is 2.82. The van der Waals surface area contributed by atoms with E-state index >= 15 is 0 Å². The summed E-state index contributed by atoms with van der Waals surface area (Å²) in [5.41, 5.74) is 7.76. The molecule has 2 heterocycles. The lowest BCUT2D eigenvalue weighted by Crippen LogP contribution is -1.92. The summed E-state index contributed by atoms with van der Waals surface area (Å²) in [6.07, 6.45) is 3.67. The van der Waals surface area contributed by atoms with Gasteiger partial charge in [0.25, 0.3) is 5.89 Å². The van der Waals surface area contributed by atoms with E-state index in [2.05, 4.69) is 15.1 Å². The molecule has 3 rings (SSSR count). The molecule has 2 aromatic heterocycles. The number of anilines is 1. The molecule has 0 radical (unpaired) electrons. The smallest absolute Gasteiger partial charge is 0.278 e. The normalized spacial score (nSPS) is 10.7. The molecule has 3 aromatic rings. The first-order chi connectivity index (χ1) is 9.78. The van der Waals surface area contributed by atoms with Crippen molar-refractivity contribution in [1.82, 2.24) is 15.1 Å². The summed E-state index contributed by atoms with van der Waals surface area (Å²) in [6, 6.07) is 11.5. The molecule has 20 heavy (non-hydrogen) atoms. The van der Waals surface area contributed by atoms with Crippen molar-refractivity contribution in [2.24, 2.45) is 0 Å². The maximum absolute atomic E-state index is 5.85. The zero-order valence-electron chi connectivity index (χ0n) is 10.8. The zero-order valence-corrected chi connectivity index (χ0v) is 11.6. The van der Waals surface area contributed by atoms with Gasteiger partial charge in [0, 0.05) is 16.7 Å². The summed E-state index contributed by atoms with van der Waals surface area (Å²) in [6.45, 7) is 0. The highest BCUT2D eigenvalue weighted by molar-refractivity contribution is 7.98. The second kappa shape index (κ2) is 5.34. The van der Waals surface area contributed by atoms with Crippen molar-refractivity contribution in [3.63, 3.8) is 0 Å². The minimum absolute atomic E-state index is 0.326. The number of hydrogen-bond donors (Lipinski definition) is 1. The first kappa shape index (κ1) is 12.7. The van der Waals surface area contributed by atoms with E-state index in [1.54, 1.807) is 30.1 Å². The van der Waals surface area contributed by atoms with Crippen LogP contribution in [-0.4, -0.2) is 21.4 Å². The average Bonchev–Trinajstić information content (AvgIpc) is 2.97. The molecule has 0 atom stereocenters. The van der Waals surface area contributed by atoms with Crippen LogP contribution in [0.15, 0.2) is 52.0 Å². The van der Waals surface area contributed by atoms with E-state index in [-0.39, 0.29) is 0 Å². The van der Waals surface area contributed by atoms with Gasteiger partial charge >= 0.3 is 0 Å². The molecule has 0 aliphatic heterocycles. The van der Waals surface area contributed by atoms with Gasteiger partial charge in [0.1, 0.15) is 0 Å². The van der Waals surface area contributed by atoms with Crippen LogP contribution in [0.3, 0.4) is 0 Å². The van der Waals surface area contributed by atoms with Crippen LogP contribution < -0.4 is 5.73 Å². The van der Waals surface area contributed by atoms with E-state index in [0.717, 1.165) is 5.56 Å². The van der Waals surface area contributed by atoms with E-state index in [9.17, 15) is 0 Å². The Labute approximate surface area is 120 Å². The van der Waals surface area contributed by atoms with Crippen LogP contribution in [0, 0.1) is 0 Å². The van der Waals surface area contributed by atoms with Gasteiger partial charge in [-0.3, -0.25) is 0 Å². The maximum atomic E-state index is 5.85. The third-order valence-corrected chi connectivity index (χ3v) is 3.56. The SMILES string of the molecule is CSc1ccc(-c2noc(-c3ncccc3N)n2)cc1. The number of nitrogens with zero attached hydrogens (tertiary/aromatic N) is 3. The largest absolute Gasteiger partial charge is 0.397 e. The molecular formula is C14H12N4OS. The Balaban J connectivity index is 1.95. The molecule has 100 valence electrons. The van der Waals surface area contributed by atoms with Gasteiger partial charge in [-0.15, -0.1) is 11.8 Å². The minimum atomic E-state index is 0.326. The third kappa shape index (κ3) is 2.37. The lowest BCUT2D eigenvalue weighted by Gasteiger charge is -1.97. The molecular weight excluding hydrogens is 272 g/mol. The molecule has 0 amide bonds. The van der Waals surface area contributed by atoms with Crippen molar-refractivity contribution < 1.29 is 4.52 Å². The Morgan fingerprint density at radius 3 is 2.65 bits per heavy atom. The minimum Gasteiger partial charge on any atom is -0.397 e. The number of nitrogen functional groups attached to an aromatic ring is 1. The molecule has 0 bridgehead atoms. The predicted octanol–water partition coefficient (Wildman–Crippen LogP) is 3.10. The molecule has 0 spiro atoms. The van der Waals surface area contributed by atoms with Crippen LogP contribution in [-0.2, 0) is 0 Å². The molecule has 0 aliphatic rings. The Hall–Kier alpha value is -2.34. The summed E-state index contributed by atoms with van der Waals surface area (Å²) in [4.78, 5) is 9.68. The second-order valence-corrected chi connectivity index (χ2v) is 4.97. The van der Waals surface area contributed by atoms with Crippen molar-refractivity contribution in [2.45, 2.75) is 4.90 Å². The predicted molar refractivity (Wildman–Crippen MR) is 79.2 cm³/mol. The van der Waals surface area contributed by atoms with Gasteiger partial charge in [-0.2, -0.15) is 4.98 Å². The van der Waals surface area contributed by atoms with Gasteiger partial charge in [0.05, 0.1) is 5.69 Å². The van der Waals surface area contributed by atoms with Crippen molar-refractivity contribution in [1.29, 1.82) is 0 Å². The van der Waals surface area contributed by atoms with Gasteiger partial charge in [0.2, 0.25) is 5.82 Å². The van der Waals surface area contributed by atoms with E-state index in [4.69, 9.17) is 10.3 Å². The summed E-state index contributed by atoms with van der Waals surface area (Å²) >= 11 is 1.69. The number of benzene rings is 1. The van der Waals surface area contributed by atoms with Gasteiger partial charge in [-0.05, 0) is 42.7 Å². The van der Waals surface area contributed by atoms with E-state index in [1.807, 2.05) is 30.5 Å². The lowest BCUT2D eigenvalue weighted by molar-refractivity contribution is 0.431. The first-order valence-electron chi connectivity index (χ1n) is 5.97. The zero-order chi connectivity index (χ0) is 13.9. The number of hydrogen-bond acceptors (Lipinski definition) is 6. The summed E-state index contributed by atoms with van der Waals surface area (Å²) in [7, 11) is 0. The van der Waals surface area contributed by atoms with Crippen molar-refractivity contribution >= 4 is 17.4 Å². The lowest BCUT2D eigenvalue weighted by atomic mass is 10.2. The highest BCUT2D eigenvalue weighted by atomic mass is 32.2. The van der Waals surface area contributed by atoms with E-state index in [1.165, 1.54) is 4.90 Å². The molecule has 1 aromatic carbocycles. The number of thioether (sulfide) groups is 1. The molecule has 5 nitrogen and oxygen atoms in total. The van der Waals surface area contributed by atoms with Gasteiger partial charge in [0.15, 0.2) is 5.69 Å². The summed E-state index contributed by atoms with van der Waals surface area (Å²) in [5, 5.41) is 3.97. The summed E-state index contributed by atoms with van der Waals surface area (Å²) in [5.74, 6) is 0.852. The highest BCUT2D eigenvalue weighted by Crippen LogP contribution is 2.25. The second-order valence-electron chi connectivity index (χ2n) is 4.09. The van der Waals surface area contributed by atoms with E-state index in [0.29, 0.717) is 23.1 Å². The molecule has 6 heteroatoms. The Kier molecular flexibility index (Phi) is 3.39. The monoisotopic (exact) mass is 284 g/mol. The number of rotatable bonds is 3. The van der Waals surface area contributed by atoms with Crippen LogP contribution in [0.25, 0.3) is 23.0 Å². The fourth-order valence-corrected chi connectivity index (χ4v) is 2.18. The Morgan fingerprint density at radius 2 is 1.95 bits per heavy atom. The molecule has 0 saturated heterocycles. The Bertz CT molecular complexity index is 724. The molecule has 0 saturated carbocycles. The molecule has 2 N–H and O–H groups in total. The molecule has 0 aliphatic carbocycles. The van der Waals surface area contributed by atoms with Crippen molar-refractivity contribution in [3.05, 3.63) is 42.6 Å². The standard InChI is InChI=1S/C14H12N4OS/c1-20-10-6-4-9(5-7-10)13-17-14(19-18-13)12-11(15)3-2-8-16-12/h2-8H,15H2,1H3. The summed E-state index contributed by atoms with van der Waals surface area (Å²) < 4.78 is 5.23. The highest BCUT2D eigenvalue weighted by Gasteiger charge is 2.13. The molecule has 0 fully saturated rings. The number of nitrogens with two attached hydrogens (primary N) is 1. The average molecular weight is 284 g/mol. The fourth-order valence-electron chi connectivity index (χ4n) is 1.77. The number of aromatic nitrogens is 3. The van der Waals surface area contributed by atoms with Gasteiger partial charge < -0.3 is 10.3 Å². The van der Waals surface area contributed by atoms with Crippen LogP contribution in [0.5, 0.6) is 0 Å². The Morgan fingerprint density at radius 1 is 1.15 bits per heavy atom. The van der Waals surface area contributed by atoms with Crippen LogP contribution in [0.4, 0.5) is 5.69 Å². The first-order valence-corrected chi connectivity index (χ1v) is 7.19. The van der Waals surface area contributed by atoms with Crippen LogP contribution in [0.2, 0.25) is 0 Å². The quantitative estimate of drug-likeness (QED) is 0.745. The fraction of sp³-hybridized carbons (Fsp3) is 0.0714. The topological polar surface area (TPSA) is 77.8 Å². The van der Waals surface area contributed by atoms with Crippen molar-refractivity contribution in [2.75, 3.05) is 12.0 Å². The van der Waals surface area contributed by atoms with E-state index < -0.39 is 0 Å². The van der Waals surface area contributed by atoms with Crippen LogP contribution >= 0.6 is 11.8 Å². The molecule has 0 unspecified atom stereocenters. The van der Waals surface area contributed by atoms with Gasteiger partial charge in [-0.1, -0.05) is 5.16 Å².